The molecule has 0 aliphatic rings. The maximum absolute atomic E-state index is 11.7. The van der Waals surface area contributed by atoms with Crippen LogP contribution in [0.5, 0.6) is 0 Å². The van der Waals surface area contributed by atoms with Gasteiger partial charge in [0.25, 0.3) is 0 Å². The summed E-state index contributed by atoms with van der Waals surface area (Å²) in [6.07, 6.45) is 2.78. The first-order valence-corrected chi connectivity index (χ1v) is 5.72. The Hall–Kier alpha value is -1.85. The molecule has 0 unspecified atom stereocenters. The summed E-state index contributed by atoms with van der Waals surface area (Å²) in [5, 5.41) is 0. The van der Waals surface area contributed by atoms with Gasteiger partial charge < -0.3 is 14.4 Å². The van der Waals surface area contributed by atoms with Crippen molar-refractivity contribution < 1.29 is 23.9 Å². The molecule has 6 nitrogen and oxygen atoms in total. The van der Waals surface area contributed by atoms with Crippen molar-refractivity contribution in [2.75, 3.05) is 20.3 Å². The van der Waals surface area contributed by atoms with Crippen LogP contribution in [0.2, 0.25) is 0 Å². The van der Waals surface area contributed by atoms with Crippen molar-refractivity contribution in [1.82, 2.24) is 4.90 Å². The highest BCUT2D eigenvalue weighted by atomic mass is 16.6. The van der Waals surface area contributed by atoms with Crippen LogP contribution in [-0.4, -0.2) is 49.0 Å². The normalized spacial score (nSPS) is 10.5. The highest BCUT2D eigenvalue weighted by Gasteiger charge is 2.35. The first-order chi connectivity index (χ1) is 8.49. The number of ether oxygens (including phenoxy) is 2. The lowest BCUT2D eigenvalue weighted by atomic mass is 10.2. The molecule has 6 heteroatoms. The molecular formula is C12H19NO5. The Labute approximate surface area is 107 Å². The second kappa shape index (κ2) is 8.27. The molecule has 0 fully saturated rings. The van der Waals surface area contributed by atoms with Gasteiger partial charge in [0.15, 0.2) is 0 Å². The summed E-state index contributed by atoms with van der Waals surface area (Å²) < 4.78 is 9.53. The van der Waals surface area contributed by atoms with Crippen LogP contribution in [0.3, 0.4) is 0 Å². The van der Waals surface area contributed by atoms with Gasteiger partial charge in [0.05, 0.1) is 13.2 Å². The molecule has 0 N–H and O–H groups in total. The third-order valence-corrected chi connectivity index (χ3v) is 2.06. The summed E-state index contributed by atoms with van der Waals surface area (Å²) in [7, 11) is 1.35. The number of hydrogen-bond acceptors (Lipinski definition) is 5. The number of nitrogens with zero attached hydrogens (tertiary/aromatic N) is 1. The van der Waals surface area contributed by atoms with Crippen LogP contribution in [-0.2, 0) is 23.9 Å². The summed E-state index contributed by atoms with van der Waals surface area (Å²) >= 11 is 0. The van der Waals surface area contributed by atoms with Gasteiger partial charge in [0.1, 0.15) is 0 Å². The third kappa shape index (κ3) is 4.57. The highest BCUT2D eigenvalue weighted by Crippen LogP contribution is 2.04. The minimum absolute atomic E-state index is 0.125. The van der Waals surface area contributed by atoms with Crippen molar-refractivity contribution in [3.05, 3.63) is 12.2 Å². The van der Waals surface area contributed by atoms with Crippen LogP contribution in [0.1, 0.15) is 20.8 Å². The van der Waals surface area contributed by atoms with Gasteiger partial charge in [0.2, 0.25) is 11.9 Å². The third-order valence-electron chi connectivity index (χ3n) is 2.06. The molecule has 0 aromatic heterocycles. The summed E-state index contributed by atoms with van der Waals surface area (Å²) in [6.45, 7) is 5.15. The number of carbonyl (C=O) groups is 3. The Morgan fingerprint density at radius 3 is 1.89 bits per heavy atom. The summed E-state index contributed by atoms with van der Waals surface area (Å²) in [4.78, 5) is 36.0. The molecule has 0 bridgehead atoms. The van der Waals surface area contributed by atoms with Gasteiger partial charge >= 0.3 is 11.9 Å². The van der Waals surface area contributed by atoms with Crippen molar-refractivity contribution in [2.45, 2.75) is 26.8 Å². The van der Waals surface area contributed by atoms with Crippen molar-refractivity contribution in [1.29, 1.82) is 0 Å². The Kier molecular flexibility index (Phi) is 7.42. The van der Waals surface area contributed by atoms with E-state index >= 15 is 0 Å². The minimum Gasteiger partial charge on any atom is -0.464 e. The number of amides is 1. The molecule has 0 aromatic carbocycles. The summed E-state index contributed by atoms with van der Waals surface area (Å²) in [5.41, 5.74) is 0. The second-order valence-electron chi connectivity index (χ2n) is 3.36. The first kappa shape index (κ1) is 16.1. The van der Waals surface area contributed by atoms with E-state index in [1.165, 1.54) is 19.2 Å². The quantitative estimate of drug-likeness (QED) is 0.394. The van der Waals surface area contributed by atoms with Crippen LogP contribution in [0, 0.1) is 0 Å². The van der Waals surface area contributed by atoms with E-state index in [0.29, 0.717) is 0 Å². The SMILES string of the molecule is C/C=C/C(=O)N(C)C(C(=O)OCC)C(=O)OCC. The van der Waals surface area contributed by atoms with Crippen LogP contribution in [0.4, 0.5) is 0 Å². The molecule has 0 rings (SSSR count). The lowest BCUT2D eigenvalue weighted by Gasteiger charge is -2.23. The predicted octanol–water partition coefficient (Wildman–Crippen LogP) is 0.516. The number of allylic oxidation sites excluding steroid dienone is 1. The van der Waals surface area contributed by atoms with E-state index in [2.05, 4.69) is 0 Å². The maximum Gasteiger partial charge on any atom is 0.340 e. The van der Waals surface area contributed by atoms with Gasteiger partial charge in [0, 0.05) is 7.05 Å². The van der Waals surface area contributed by atoms with Crippen LogP contribution in [0.15, 0.2) is 12.2 Å². The fourth-order valence-corrected chi connectivity index (χ4v) is 1.24. The topological polar surface area (TPSA) is 72.9 Å². The van der Waals surface area contributed by atoms with Gasteiger partial charge in [-0.15, -0.1) is 0 Å². The van der Waals surface area contributed by atoms with Crippen molar-refractivity contribution in [2.24, 2.45) is 0 Å². The molecular weight excluding hydrogens is 238 g/mol. The molecule has 1 amide bonds. The lowest BCUT2D eigenvalue weighted by molar-refractivity contribution is -0.165. The number of esters is 2. The molecule has 0 saturated heterocycles. The molecule has 0 saturated carbocycles. The predicted molar refractivity (Wildman–Crippen MR) is 64.6 cm³/mol. The van der Waals surface area contributed by atoms with Crippen LogP contribution < -0.4 is 0 Å². The zero-order valence-electron chi connectivity index (χ0n) is 11.1. The van der Waals surface area contributed by atoms with E-state index in [9.17, 15) is 14.4 Å². The van der Waals surface area contributed by atoms with E-state index in [1.807, 2.05) is 0 Å². The highest BCUT2D eigenvalue weighted by molar-refractivity contribution is 6.03. The lowest BCUT2D eigenvalue weighted by Crippen LogP contribution is -2.48. The number of hydrogen-bond donors (Lipinski definition) is 0. The van der Waals surface area contributed by atoms with E-state index in [1.54, 1.807) is 20.8 Å². The molecule has 0 aromatic rings. The Morgan fingerprint density at radius 2 is 1.56 bits per heavy atom. The van der Waals surface area contributed by atoms with Gasteiger partial charge in [-0.3, -0.25) is 4.79 Å². The zero-order valence-corrected chi connectivity index (χ0v) is 11.1. The number of carbonyl (C=O) groups excluding carboxylic acids is 3. The Balaban J connectivity index is 5.01. The molecule has 102 valence electrons. The first-order valence-electron chi connectivity index (χ1n) is 5.72. The average Bonchev–Trinajstić information content (AvgIpc) is 2.30. The van der Waals surface area contributed by atoms with Gasteiger partial charge in [-0.2, -0.15) is 0 Å². The Bertz CT molecular complexity index is 319. The molecule has 0 aliphatic heterocycles. The van der Waals surface area contributed by atoms with Gasteiger partial charge in [-0.1, -0.05) is 6.08 Å². The van der Waals surface area contributed by atoms with Crippen LogP contribution >= 0.6 is 0 Å². The zero-order chi connectivity index (χ0) is 14.1. The van der Waals surface area contributed by atoms with Crippen LogP contribution in [0.25, 0.3) is 0 Å². The average molecular weight is 257 g/mol. The molecule has 0 atom stereocenters. The van der Waals surface area contributed by atoms with E-state index < -0.39 is 23.9 Å². The van der Waals surface area contributed by atoms with Gasteiger partial charge in [-0.05, 0) is 26.8 Å². The second-order valence-corrected chi connectivity index (χ2v) is 3.36. The summed E-state index contributed by atoms with van der Waals surface area (Å²) in [5.74, 6) is -2.06. The van der Waals surface area contributed by atoms with E-state index in [-0.39, 0.29) is 13.2 Å². The van der Waals surface area contributed by atoms with Crippen molar-refractivity contribution in [3.63, 3.8) is 0 Å². The molecule has 0 aliphatic carbocycles. The largest absolute Gasteiger partial charge is 0.464 e. The standard InChI is InChI=1S/C12H19NO5/c1-5-8-9(14)13(4)10(11(15)17-6-2)12(16)18-7-3/h5,8,10H,6-7H2,1-4H3/b8-5+. The van der Waals surface area contributed by atoms with Crippen molar-refractivity contribution >= 4 is 17.8 Å². The maximum atomic E-state index is 11.7. The monoisotopic (exact) mass is 257 g/mol. The van der Waals surface area contributed by atoms with E-state index in [0.717, 1.165) is 4.90 Å². The summed E-state index contributed by atoms with van der Waals surface area (Å²) in [6, 6.07) is -1.37. The van der Waals surface area contributed by atoms with Crippen molar-refractivity contribution in [3.8, 4) is 0 Å². The minimum atomic E-state index is -1.37. The fraction of sp³-hybridized carbons (Fsp3) is 0.583. The smallest absolute Gasteiger partial charge is 0.340 e. The Morgan fingerprint density at radius 1 is 1.11 bits per heavy atom. The number of rotatable bonds is 6. The van der Waals surface area contributed by atoms with Gasteiger partial charge in [-0.25, -0.2) is 9.59 Å². The fourth-order valence-electron chi connectivity index (χ4n) is 1.24. The molecule has 0 heterocycles. The molecule has 18 heavy (non-hydrogen) atoms. The molecule has 0 spiro atoms. The van der Waals surface area contributed by atoms with E-state index in [4.69, 9.17) is 9.47 Å². The molecule has 0 radical (unpaired) electrons. The number of likely N-dealkylation sites (N-methyl/N-ethyl adjacent to an activating group) is 1.